The molecule has 2 aromatic heterocycles. The van der Waals surface area contributed by atoms with E-state index < -0.39 is 40.3 Å². The fraction of sp³-hybridized carbons (Fsp3) is 0.0769. The van der Waals surface area contributed by atoms with Gasteiger partial charge in [-0.15, -0.1) is 5.10 Å². The molecule has 3 aromatic rings. The highest BCUT2D eigenvalue weighted by Gasteiger charge is 2.33. The molecule has 0 radical (unpaired) electrons. The monoisotopic (exact) mass is 332 g/mol. The zero-order valence-corrected chi connectivity index (χ0v) is 11.0. The summed E-state index contributed by atoms with van der Waals surface area (Å²) in [5, 5.41) is 3.54. The number of hydrogen-bond donors (Lipinski definition) is 1. The first-order valence-corrected chi connectivity index (χ1v) is 6.05. The largest absolute Gasteiger partial charge is 0.417 e. The van der Waals surface area contributed by atoms with Gasteiger partial charge in [-0.3, -0.25) is 0 Å². The van der Waals surface area contributed by atoms with Crippen LogP contribution in [0.2, 0.25) is 0 Å². The standard InChI is InChI=1S/C13H6F6N4/c14-8-2-1-6(9(15)10(8)16)7-3-5(13(17,18)19)4-23-11(7)21-12(20)22-23/h1-4H,(H2,20,22). The van der Waals surface area contributed by atoms with Crippen molar-refractivity contribution in [1.29, 1.82) is 0 Å². The Bertz CT molecular complexity index is 915. The molecule has 0 bridgehead atoms. The number of alkyl halides is 3. The first-order valence-electron chi connectivity index (χ1n) is 6.05. The van der Waals surface area contributed by atoms with Crippen molar-refractivity contribution in [1.82, 2.24) is 14.6 Å². The second kappa shape index (κ2) is 4.86. The van der Waals surface area contributed by atoms with Gasteiger partial charge >= 0.3 is 6.18 Å². The first-order chi connectivity index (χ1) is 10.7. The zero-order chi connectivity index (χ0) is 16.9. The summed E-state index contributed by atoms with van der Waals surface area (Å²) in [5.41, 5.74) is 2.94. The summed E-state index contributed by atoms with van der Waals surface area (Å²) < 4.78 is 79.8. The Kier molecular flexibility index (Phi) is 3.20. The number of fused-ring (bicyclic) bond motifs is 1. The number of halogens is 6. The predicted molar refractivity (Wildman–Crippen MR) is 67.7 cm³/mol. The summed E-state index contributed by atoms with van der Waals surface area (Å²) in [6, 6.07) is 1.98. The fourth-order valence-electron chi connectivity index (χ4n) is 2.09. The smallest absolute Gasteiger partial charge is 0.366 e. The van der Waals surface area contributed by atoms with Gasteiger partial charge in [0.1, 0.15) is 0 Å². The third-order valence-electron chi connectivity index (χ3n) is 3.10. The van der Waals surface area contributed by atoms with E-state index in [1.807, 2.05) is 0 Å². The summed E-state index contributed by atoms with van der Waals surface area (Å²) in [4.78, 5) is 3.69. The molecule has 0 aliphatic heterocycles. The van der Waals surface area contributed by atoms with Crippen LogP contribution in [0.15, 0.2) is 24.4 Å². The van der Waals surface area contributed by atoms with Gasteiger partial charge in [0.2, 0.25) is 5.95 Å². The summed E-state index contributed by atoms with van der Waals surface area (Å²) >= 11 is 0. The van der Waals surface area contributed by atoms with Gasteiger partial charge in [-0.05, 0) is 18.2 Å². The Balaban J connectivity index is 2.38. The van der Waals surface area contributed by atoms with Crippen LogP contribution < -0.4 is 5.73 Å². The number of pyridine rings is 1. The van der Waals surface area contributed by atoms with Crippen molar-refractivity contribution in [2.24, 2.45) is 0 Å². The third-order valence-corrected chi connectivity index (χ3v) is 3.10. The van der Waals surface area contributed by atoms with Crippen molar-refractivity contribution in [3.63, 3.8) is 0 Å². The maximum absolute atomic E-state index is 13.9. The van der Waals surface area contributed by atoms with Crippen LogP contribution in [0.3, 0.4) is 0 Å². The molecular formula is C13H6F6N4. The molecule has 1 aromatic carbocycles. The van der Waals surface area contributed by atoms with E-state index in [1.165, 1.54) is 0 Å². The SMILES string of the molecule is Nc1nc2c(-c3ccc(F)c(F)c3F)cc(C(F)(F)F)cn2n1. The molecular weight excluding hydrogens is 326 g/mol. The van der Waals surface area contributed by atoms with Gasteiger partial charge in [-0.2, -0.15) is 18.2 Å². The number of hydrogen-bond acceptors (Lipinski definition) is 3. The highest BCUT2D eigenvalue weighted by Crippen LogP contribution is 2.35. The van der Waals surface area contributed by atoms with Crippen LogP contribution in [0.5, 0.6) is 0 Å². The van der Waals surface area contributed by atoms with Crippen molar-refractivity contribution in [2.45, 2.75) is 6.18 Å². The van der Waals surface area contributed by atoms with Gasteiger partial charge in [-0.25, -0.2) is 17.7 Å². The van der Waals surface area contributed by atoms with Crippen LogP contribution in [-0.4, -0.2) is 14.6 Å². The van der Waals surface area contributed by atoms with Crippen molar-refractivity contribution < 1.29 is 26.3 Å². The average Bonchev–Trinajstić information content (AvgIpc) is 2.83. The van der Waals surface area contributed by atoms with E-state index in [1.54, 1.807) is 0 Å². The van der Waals surface area contributed by atoms with E-state index >= 15 is 0 Å². The molecule has 23 heavy (non-hydrogen) atoms. The van der Waals surface area contributed by atoms with Crippen molar-refractivity contribution in [2.75, 3.05) is 5.73 Å². The minimum atomic E-state index is -4.77. The van der Waals surface area contributed by atoms with E-state index in [-0.39, 0.29) is 11.6 Å². The molecule has 0 atom stereocenters. The maximum atomic E-state index is 13.9. The van der Waals surface area contributed by atoms with Gasteiger partial charge in [0.25, 0.3) is 0 Å². The quantitative estimate of drug-likeness (QED) is 0.549. The first kappa shape index (κ1) is 15.1. The van der Waals surface area contributed by atoms with Crippen molar-refractivity contribution >= 4 is 11.6 Å². The van der Waals surface area contributed by atoms with Gasteiger partial charge < -0.3 is 5.73 Å². The molecule has 0 saturated heterocycles. The summed E-state index contributed by atoms with van der Waals surface area (Å²) in [6.07, 6.45) is -4.15. The van der Waals surface area contributed by atoms with E-state index in [4.69, 9.17) is 5.73 Å². The van der Waals surface area contributed by atoms with Gasteiger partial charge in [0, 0.05) is 17.3 Å². The fourth-order valence-corrected chi connectivity index (χ4v) is 2.09. The molecule has 10 heteroatoms. The Hall–Kier alpha value is -2.78. The highest BCUT2D eigenvalue weighted by atomic mass is 19.4. The number of nitrogens with two attached hydrogens (primary N) is 1. The number of benzene rings is 1. The molecule has 0 aliphatic rings. The Morgan fingerprint density at radius 2 is 1.70 bits per heavy atom. The molecule has 3 rings (SSSR count). The van der Waals surface area contributed by atoms with E-state index in [0.717, 1.165) is 6.07 Å². The molecule has 0 amide bonds. The van der Waals surface area contributed by atoms with Crippen LogP contribution in [-0.2, 0) is 6.18 Å². The number of nitrogens with zero attached hydrogens (tertiary/aromatic N) is 3. The minimum absolute atomic E-state index is 0.222. The van der Waals surface area contributed by atoms with Crippen LogP contribution in [0.4, 0.5) is 32.3 Å². The van der Waals surface area contributed by atoms with Crippen molar-refractivity contribution in [3.05, 3.63) is 47.4 Å². The number of aromatic nitrogens is 3. The van der Waals surface area contributed by atoms with Crippen LogP contribution in [0, 0.1) is 17.5 Å². The molecule has 120 valence electrons. The number of nitrogen functional groups attached to an aromatic ring is 1. The van der Waals surface area contributed by atoms with Gasteiger partial charge in [0.15, 0.2) is 23.1 Å². The second-order valence-corrected chi connectivity index (χ2v) is 4.60. The lowest BCUT2D eigenvalue weighted by atomic mass is 10.0. The molecule has 0 fully saturated rings. The normalized spacial score (nSPS) is 12.1. The van der Waals surface area contributed by atoms with Crippen LogP contribution in [0.25, 0.3) is 16.8 Å². The molecule has 0 unspecified atom stereocenters. The zero-order valence-electron chi connectivity index (χ0n) is 11.0. The molecule has 0 saturated carbocycles. The van der Waals surface area contributed by atoms with E-state index in [2.05, 4.69) is 10.1 Å². The Morgan fingerprint density at radius 1 is 1.00 bits per heavy atom. The lowest BCUT2D eigenvalue weighted by Gasteiger charge is -2.11. The summed E-state index contributed by atoms with van der Waals surface area (Å²) in [7, 11) is 0. The van der Waals surface area contributed by atoms with Gasteiger partial charge in [0.05, 0.1) is 5.56 Å². The lowest BCUT2D eigenvalue weighted by Crippen LogP contribution is -2.08. The number of rotatable bonds is 1. The average molecular weight is 332 g/mol. The van der Waals surface area contributed by atoms with E-state index in [9.17, 15) is 26.3 Å². The molecule has 0 spiro atoms. The summed E-state index contributed by atoms with van der Waals surface area (Å²) in [6.45, 7) is 0. The summed E-state index contributed by atoms with van der Waals surface area (Å²) in [5.74, 6) is -5.25. The molecule has 4 nitrogen and oxygen atoms in total. The van der Waals surface area contributed by atoms with Crippen LogP contribution in [0.1, 0.15) is 5.56 Å². The van der Waals surface area contributed by atoms with Crippen LogP contribution >= 0.6 is 0 Å². The Morgan fingerprint density at radius 3 is 2.35 bits per heavy atom. The van der Waals surface area contributed by atoms with Crippen molar-refractivity contribution in [3.8, 4) is 11.1 Å². The molecule has 0 aliphatic carbocycles. The highest BCUT2D eigenvalue weighted by molar-refractivity contribution is 5.79. The predicted octanol–water partition coefficient (Wildman–Crippen LogP) is 3.41. The molecule has 2 N–H and O–H groups in total. The third kappa shape index (κ3) is 2.45. The van der Waals surface area contributed by atoms with E-state index in [0.29, 0.717) is 22.8 Å². The second-order valence-electron chi connectivity index (χ2n) is 4.60. The van der Waals surface area contributed by atoms with Gasteiger partial charge in [-0.1, -0.05) is 0 Å². The topological polar surface area (TPSA) is 56.2 Å². The maximum Gasteiger partial charge on any atom is 0.417 e. The number of anilines is 1. The molecule has 2 heterocycles. The minimum Gasteiger partial charge on any atom is -0.366 e. The Labute approximate surface area is 124 Å². The lowest BCUT2D eigenvalue weighted by molar-refractivity contribution is -0.137.